The third-order valence-electron chi connectivity index (χ3n) is 8.22. The summed E-state index contributed by atoms with van der Waals surface area (Å²) < 4.78 is 0. The molecule has 0 fully saturated rings. The highest BCUT2D eigenvalue weighted by Crippen LogP contribution is 2.41. The fraction of sp³-hybridized carbons (Fsp3) is 0.212. The Labute approximate surface area is 227 Å². The lowest BCUT2D eigenvalue weighted by molar-refractivity contribution is 0.150. The summed E-state index contributed by atoms with van der Waals surface area (Å²) in [6, 6.07) is 37.9. The van der Waals surface area contributed by atoms with E-state index >= 15 is 0 Å². The second-order valence-electron chi connectivity index (χ2n) is 11.0. The van der Waals surface area contributed by atoms with E-state index in [0.717, 1.165) is 13.3 Å². The number of rotatable bonds is 5. The number of hydrogen-bond acceptors (Lipinski definition) is 4. The molecule has 0 N–H and O–H groups in total. The Balaban J connectivity index is 1.43. The van der Waals surface area contributed by atoms with E-state index in [4.69, 9.17) is 0 Å². The molecule has 38 heavy (non-hydrogen) atoms. The highest BCUT2D eigenvalue weighted by Gasteiger charge is 2.36. The molecule has 0 saturated heterocycles. The fourth-order valence-electron chi connectivity index (χ4n) is 5.79. The van der Waals surface area contributed by atoms with E-state index in [9.17, 15) is 0 Å². The highest BCUT2D eigenvalue weighted by molar-refractivity contribution is 6.95. The molecular weight excluding hydrogens is 463 g/mol. The molecule has 2 heterocycles. The molecule has 2 aliphatic heterocycles. The number of nitrogens with zero attached hydrogens (tertiary/aromatic N) is 4. The van der Waals surface area contributed by atoms with Crippen LogP contribution in [0.3, 0.4) is 0 Å². The van der Waals surface area contributed by atoms with E-state index in [-0.39, 0.29) is 12.3 Å². The van der Waals surface area contributed by atoms with Gasteiger partial charge in [0.25, 0.3) is 0 Å². The Morgan fingerprint density at radius 3 is 1.97 bits per heavy atom. The van der Waals surface area contributed by atoms with Crippen LogP contribution in [-0.2, 0) is 5.54 Å². The molecule has 0 saturated carbocycles. The molecule has 5 heteroatoms. The second-order valence-corrected chi connectivity index (χ2v) is 11.0. The largest absolute Gasteiger partial charge is 0.361 e. The van der Waals surface area contributed by atoms with Gasteiger partial charge in [-0.05, 0) is 56.8 Å². The number of anilines is 3. The molecule has 0 aromatic heterocycles. The second kappa shape index (κ2) is 9.73. The maximum absolute atomic E-state index is 2.45. The number of para-hydroxylation sites is 1. The van der Waals surface area contributed by atoms with Crippen LogP contribution in [0.25, 0.3) is 0 Å². The van der Waals surface area contributed by atoms with Crippen LogP contribution in [-0.4, -0.2) is 43.9 Å². The van der Waals surface area contributed by atoms with Crippen molar-refractivity contribution in [2.24, 2.45) is 0 Å². The molecule has 0 aliphatic carbocycles. The smallest absolute Gasteiger partial charge is 0.241 e. The molecule has 4 aromatic carbocycles. The monoisotopic (exact) mass is 498 g/mol. The minimum atomic E-state index is -0.0181. The molecule has 0 radical (unpaired) electrons. The lowest BCUT2D eigenvalue weighted by atomic mass is 9.37. The van der Waals surface area contributed by atoms with Gasteiger partial charge in [0.2, 0.25) is 6.71 Å². The van der Waals surface area contributed by atoms with E-state index < -0.39 is 0 Å². The first-order chi connectivity index (χ1) is 18.4. The maximum atomic E-state index is 2.45. The Morgan fingerprint density at radius 1 is 0.632 bits per heavy atom. The molecular formula is C33H35BN4. The van der Waals surface area contributed by atoms with Crippen molar-refractivity contribution in [2.75, 3.05) is 37.2 Å². The van der Waals surface area contributed by atoms with Gasteiger partial charge in [0.15, 0.2) is 0 Å². The third kappa shape index (κ3) is 4.37. The summed E-state index contributed by atoms with van der Waals surface area (Å²) in [6.07, 6.45) is 4.28. The Morgan fingerprint density at radius 2 is 1.26 bits per heavy atom. The molecule has 0 atom stereocenters. The van der Waals surface area contributed by atoms with Gasteiger partial charge in [0.1, 0.15) is 0 Å². The van der Waals surface area contributed by atoms with Gasteiger partial charge in [-0.2, -0.15) is 0 Å². The van der Waals surface area contributed by atoms with Crippen molar-refractivity contribution in [1.82, 2.24) is 9.80 Å². The third-order valence-corrected chi connectivity index (χ3v) is 8.22. The van der Waals surface area contributed by atoms with E-state index in [1.165, 1.54) is 39.0 Å². The number of fused-ring (bicyclic) bond motifs is 1. The minimum Gasteiger partial charge on any atom is -0.361 e. The molecule has 2 aliphatic rings. The lowest BCUT2D eigenvalue weighted by Gasteiger charge is -2.47. The predicted octanol–water partition coefficient (Wildman–Crippen LogP) is 4.66. The zero-order chi connectivity index (χ0) is 26.3. The van der Waals surface area contributed by atoms with Gasteiger partial charge in [0.05, 0.1) is 13.3 Å². The van der Waals surface area contributed by atoms with Crippen LogP contribution in [0.1, 0.15) is 19.4 Å². The van der Waals surface area contributed by atoms with E-state index in [1.807, 2.05) is 0 Å². The first-order valence-corrected chi connectivity index (χ1v) is 13.4. The first kappa shape index (κ1) is 24.4. The van der Waals surface area contributed by atoms with Crippen LogP contribution < -0.4 is 26.2 Å². The molecule has 0 bridgehead atoms. The van der Waals surface area contributed by atoms with Crippen molar-refractivity contribution in [2.45, 2.75) is 19.4 Å². The van der Waals surface area contributed by atoms with Crippen LogP contribution in [0.2, 0.25) is 0 Å². The van der Waals surface area contributed by atoms with E-state index in [0.29, 0.717) is 0 Å². The highest BCUT2D eigenvalue weighted by atomic mass is 15.4. The van der Waals surface area contributed by atoms with Crippen molar-refractivity contribution in [1.29, 1.82) is 0 Å². The van der Waals surface area contributed by atoms with Crippen molar-refractivity contribution in [3.63, 3.8) is 0 Å². The fourth-order valence-corrected chi connectivity index (χ4v) is 5.79. The normalized spacial score (nSPS) is 16.6. The van der Waals surface area contributed by atoms with Crippen LogP contribution in [0.15, 0.2) is 116 Å². The Bertz CT molecular complexity index is 1460. The van der Waals surface area contributed by atoms with E-state index in [2.05, 4.69) is 163 Å². The van der Waals surface area contributed by atoms with Crippen molar-refractivity contribution < 1.29 is 0 Å². The average Bonchev–Trinajstić information content (AvgIpc) is 3.38. The zero-order valence-corrected chi connectivity index (χ0v) is 22.8. The maximum Gasteiger partial charge on any atom is 0.241 e. The standard InChI is InChI=1S/C33H35BN4/c1-33(2)31-18-8-9-19-32(31)38(25-36(33)4)30-17-11-15-28(23-30)34(26-12-6-5-7-13-26)27-14-10-16-29(22-27)37-21-20-35(3)24-37/h5-23H,24-25H2,1-4H3. The minimum absolute atomic E-state index is 0.0181. The number of benzene rings is 4. The summed E-state index contributed by atoms with van der Waals surface area (Å²) in [4.78, 5) is 9.37. The summed E-state index contributed by atoms with van der Waals surface area (Å²) in [5.74, 6) is 0. The van der Waals surface area contributed by atoms with Crippen LogP contribution in [0.4, 0.5) is 17.1 Å². The Kier molecular flexibility index (Phi) is 6.25. The number of hydrogen-bond donors (Lipinski definition) is 0. The predicted molar refractivity (Wildman–Crippen MR) is 162 cm³/mol. The lowest BCUT2D eigenvalue weighted by Crippen LogP contribution is -2.52. The molecule has 190 valence electrons. The topological polar surface area (TPSA) is 13.0 Å². The van der Waals surface area contributed by atoms with Crippen molar-refractivity contribution in [3.8, 4) is 0 Å². The van der Waals surface area contributed by atoms with Gasteiger partial charge in [-0.3, -0.25) is 4.90 Å². The van der Waals surface area contributed by atoms with Crippen LogP contribution >= 0.6 is 0 Å². The van der Waals surface area contributed by atoms with Crippen molar-refractivity contribution in [3.05, 3.63) is 121 Å². The average molecular weight is 498 g/mol. The Hall–Kier alpha value is -3.96. The molecule has 0 spiro atoms. The summed E-state index contributed by atoms with van der Waals surface area (Å²) >= 11 is 0. The van der Waals surface area contributed by atoms with E-state index in [1.54, 1.807) is 0 Å². The van der Waals surface area contributed by atoms with Gasteiger partial charge in [-0.25, -0.2) is 0 Å². The summed E-state index contributed by atoms with van der Waals surface area (Å²) in [5.41, 5.74) is 8.96. The first-order valence-electron chi connectivity index (χ1n) is 13.4. The van der Waals surface area contributed by atoms with Gasteiger partial charge in [-0.1, -0.05) is 89.2 Å². The van der Waals surface area contributed by atoms with Gasteiger partial charge >= 0.3 is 0 Å². The van der Waals surface area contributed by atoms with Gasteiger partial charge in [-0.15, -0.1) is 0 Å². The van der Waals surface area contributed by atoms with Crippen LogP contribution in [0.5, 0.6) is 0 Å². The molecule has 4 nitrogen and oxygen atoms in total. The van der Waals surface area contributed by atoms with Crippen molar-refractivity contribution >= 4 is 40.2 Å². The van der Waals surface area contributed by atoms with Gasteiger partial charge in [0, 0.05) is 42.0 Å². The molecule has 0 unspecified atom stereocenters. The molecule has 0 amide bonds. The molecule has 4 aromatic rings. The SMILES string of the molecule is CN1C=CN(c2cccc(B(c3ccccc3)c3cccc(N4CN(C)C(C)(C)c5ccccc54)c3)c2)C1. The summed E-state index contributed by atoms with van der Waals surface area (Å²) in [6.45, 7) is 6.46. The van der Waals surface area contributed by atoms with Gasteiger partial charge < -0.3 is 14.7 Å². The quantitative estimate of drug-likeness (QED) is 0.371. The molecule has 6 rings (SSSR count). The van der Waals surface area contributed by atoms with Crippen LogP contribution in [0, 0.1) is 0 Å². The summed E-state index contributed by atoms with van der Waals surface area (Å²) in [7, 11) is 4.32. The summed E-state index contributed by atoms with van der Waals surface area (Å²) in [5, 5.41) is 0. The zero-order valence-electron chi connectivity index (χ0n) is 22.8.